The van der Waals surface area contributed by atoms with Crippen LogP contribution in [0.15, 0.2) is 12.1 Å². The number of rotatable bonds is 5. The Morgan fingerprint density at radius 3 is 2.87 bits per heavy atom. The van der Waals surface area contributed by atoms with Crippen LogP contribution in [-0.2, 0) is 21.4 Å². The molecule has 166 valence electrons. The average molecular weight is 428 g/mol. The minimum absolute atomic E-state index is 0.0298. The zero-order chi connectivity index (χ0) is 21.5. The van der Waals surface area contributed by atoms with E-state index in [1.165, 1.54) is 12.8 Å². The van der Waals surface area contributed by atoms with Gasteiger partial charge < -0.3 is 25.4 Å². The number of hydrogen-bond acceptors (Lipinski definition) is 7. The smallest absolute Gasteiger partial charge is 0.230 e. The van der Waals surface area contributed by atoms with Crippen molar-refractivity contribution >= 4 is 11.7 Å². The molecule has 8 nitrogen and oxygen atoms in total. The second-order valence-electron chi connectivity index (χ2n) is 9.92. The number of likely N-dealkylation sites (tertiary alicyclic amines) is 1. The van der Waals surface area contributed by atoms with Crippen LogP contribution in [0.5, 0.6) is 11.5 Å². The van der Waals surface area contributed by atoms with E-state index in [0.29, 0.717) is 24.5 Å². The molecular formula is C23H28N2O6. The number of ketones is 1. The Balaban J connectivity index is 1.49. The molecule has 0 radical (unpaired) electrons. The standard InChI is InChI=1S/C23H28N2O6/c26-8-6-24-21(29)14-10-23(30)16-9-13-3-4-15(27)19-17(13)22(23,20(31-19)18(14)28)5-7-25(16)11-12-1-2-12/h3-4,12,14,16,20,26-27,30H,1-2,5-11H2,(H,24,29)/t14?,16-,20+,22+,23-/m1/s1. The van der Waals surface area contributed by atoms with Gasteiger partial charge in [0.2, 0.25) is 5.91 Å². The normalized spacial score (nSPS) is 37.9. The van der Waals surface area contributed by atoms with Gasteiger partial charge in [0.05, 0.1) is 17.6 Å². The Morgan fingerprint density at radius 2 is 2.13 bits per heavy atom. The summed E-state index contributed by atoms with van der Waals surface area (Å²) in [6, 6.07) is 3.28. The van der Waals surface area contributed by atoms with Crippen LogP contribution in [0.25, 0.3) is 0 Å². The zero-order valence-electron chi connectivity index (χ0n) is 17.3. The topological polar surface area (TPSA) is 119 Å². The van der Waals surface area contributed by atoms with Crippen molar-refractivity contribution in [2.75, 3.05) is 26.2 Å². The molecule has 2 aliphatic heterocycles. The molecule has 5 aliphatic rings. The number of nitrogens with zero attached hydrogens (tertiary/aromatic N) is 1. The van der Waals surface area contributed by atoms with Crippen LogP contribution in [0.1, 0.15) is 36.8 Å². The third-order valence-corrected chi connectivity index (χ3v) is 8.36. The second kappa shape index (κ2) is 6.43. The van der Waals surface area contributed by atoms with E-state index >= 15 is 0 Å². The van der Waals surface area contributed by atoms with E-state index in [0.717, 1.165) is 24.2 Å². The number of aromatic hydroxyl groups is 1. The number of hydrogen-bond donors (Lipinski definition) is 4. The maximum Gasteiger partial charge on any atom is 0.230 e. The Bertz CT molecular complexity index is 977. The summed E-state index contributed by atoms with van der Waals surface area (Å²) in [6.45, 7) is 1.51. The van der Waals surface area contributed by atoms with Crippen molar-refractivity contribution in [1.29, 1.82) is 0 Å². The Kier molecular flexibility index (Phi) is 4.05. The van der Waals surface area contributed by atoms with E-state index in [2.05, 4.69) is 10.2 Å². The lowest BCUT2D eigenvalue weighted by atomic mass is 9.47. The molecule has 2 saturated carbocycles. The summed E-state index contributed by atoms with van der Waals surface area (Å²) in [6.07, 6.45) is 2.60. The van der Waals surface area contributed by atoms with E-state index in [1.807, 2.05) is 6.07 Å². The number of amides is 1. The van der Waals surface area contributed by atoms with E-state index in [9.17, 15) is 19.8 Å². The first-order chi connectivity index (χ1) is 14.9. The largest absolute Gasteiger partial charge is 0.504 e. The van der Waals surface area contributed by atoms with Gasteiger partial charge in [0.25, 0.3) is 0 Å². The third kappa shape index (κ3) is 2.41. The lowest BCUT2D eigenvalue weighted by Crippen LogP contribution is -2.78. The van der Waals surface area contributed by atoms with E-state index in [-0.39, 0.29) is 37.1 Å². The van der Waals surface area contributed by atoms with Gasteiger partial charge in [0, 0.05) is 24.7 Å². The molecule has 5 atom stereocenters. The monoisotopic (exact) mass is 428 g/mol. The molecule has 31 heavy (non-hydrogen) atoms. The third-order valence-electron chi connectivity index (χ3n) is 8.36. The van der Waals surface area contributed by atoms with Gasteiger partial charge in [-0.3, -0.25) is 14.5 Å². The molecule has 1 spiro atoms. The minimum atomic E-state index is -1.31. The zero-order valence-corrected chi connectivity index (χ0v) is 17.3. The van der Waals surface area contributed by atoms with E-state index in [1.54, 1.807) is 6.07 Å². The van der Waals surface area contributed by atoms with Gasteiger partial charge in [-0.1, -0.05) is 6.07 Å². The number of phenols is 1. The predicted octanol–water partition coefficient (Wildman–Crippen LogP) is -0.140. The van der Waals surface area contributed by atoms with Crippen molar-refractivity contribution in [3.63, 3.8) is 0 Å². The predicted molar refractivity (Wildman–Crippen MR) is 109 cm³/mol. The van der Waals surface area contributed by atoms with Crippen LogP contribution in [0.2, 0.25) is 0 Å². The Morgan fingerprint density at radius 1 is 1.32 bits per heavy atom. The van der Waals surface area contributed by atoms with Crippen molar-refractivity contribution in [2.45, 2.75) is 55.3 Å². The van der Waals surface area contributed by atoms with E-state index in [4.69, 9.17) is 9.84 Å². The minimum Gasteiger partial charge on any atom is -0.504 e. The van der Waals surface area contributed by atoms with Gasteiger partial charge in [-0.05, 0) is 56.2 Å². The molecule has 6 rings (SSSR count). The van der Waals surface area contributed by atoms with Crippen molar-refractivity contribution in [2.24, 2.45) is 11.8 Å². The van der Waals surface area contributed by atoms with Crippen LogP contribution >= 0.6 is 0 Å². The number of phenolic OH excluding ortho intramolecular Hbond substituents is 1. The Hall–Kier alpha value is -2.16. The fraction of sp³-hybridized carbons (Fsp3) is 0.652. The summed E-state index contributed by atoms with van der Waals surface area (Å²) in [7, 11) is 0. The summed E-state index contributed by atoms with van der Waals surface area (Å²) >= 11 is 0. The number of benzene rings is 1. The molecule has 2 heterocycles. The first-order valence-electron chi connectivity index (χ1n) is 11.3. The number of piperidine rings is 1. The van der Waals surface area contributed by atoms with Crippen molar-refractivity contribution in [1.82, 2.24) is 10.2 Å². The first kappa shape index (κ1) is 19.5. The van der Waals surface area contributed by atoms with Gasteiger partial charge in [0.15, 0.2) is 23.4 Å². The molecule has 1 aromatic carbocycles. The maximum absolute atomic E-state index is 13.5. The SMILES string of the molecule is O=C(NCCO)C1C[C@@]2(O)[C@H]3Cc4ccc(O)c5c4[C@@]2(CCN3CC2CC2)[C@@H](O5)C1=O. The van der Waals surface area contributed by atoms with Gasteiger partial charge in [-0.25, -0.2) is 0 Å². The highest BCUT2D eigenvalue weighted by atomic mass is 16.5. The number of ether oxygens (including phenoxy) is 1. The Labute approximate surface area is 180 Å². The van der Waals surface area contributed by atoms with Crippen LogP contribution in [0.4, 0.5) is 0 Å². The summed E-state index contributed by atoms with van der Waals surface area (Å²) < 4.78 is 6.09. The summed E-state index contributed by atoms with van der Waals surface area (Å²) in [4.78, 5) is 28.7. The molecule has 8 heteroatoms. The van der Waals surface area contributed by atoms with Gasteiger partial charge >= 0.3 is 0 Å². The molecule has 4 N–H and O–H groups in total. The molecule has 0 aromatic heterocycles. The summed E-state index contributed by atoms with van der Waals surface area (Å²) in [5.41, 5.74) is -0.470. The molecule has 3 aliphatic carbocycles. The molecule has 1 saturated heterocycles. The highest BCUT2D eigenvalue weighted by Crippen LogP contribution is 2.65. The highest BCUT2D eigenvalue weighted by Gasteiger charge is 2.75. The molecule has 1 aromatic rings. The number of carbonyl (C=O) groups excluding carboxylic acids is 2. The molecular weight excluding hydrogens is 400 g/mol. The molecule has 2 bridgehead atoms. The summed E-state index contributed by atoms with van der Waals surface area (Å²) in [5.74, 6) is -0.964. The van der Waals surface area contributed by atoms with Crippen LogP contribution < -0.4 is 10.1 Å². The molecule has 1 unspecified atom stereocenters. The number of aliphatic hydroxyl groups is 2. The summed E-state index contributed by atoms with van der Waals surface area (Å²) in [5, 5.41) is 34.6. The van der Waals surface area contributed by atoms with Gasteiger partial charge in [-0.2, -0.15) is 0 Å². The second-order valence-corrected chi connectivity index (χ2v) is 9.92. The lowest BCUT2D eigenvalue weighted by molar-refractivity contribution is -0.198. The van der Waals surface area contributed by atoms with Crippen LogP contribution in [0.3, 0.4) is 0 Å². The quantitative estimate of drug-likeness (QED) is 0.482. The number of carbonyl (C=O) groups is 2. The number of Topliss-reactive ketones (excluding diaryl/α,β-unsaturated/α-hetero) is 1. The van der Waals surface area contributed by atoms with Crippen molar-refractivity contribution in [3.8, 4) is 11.5 Å². The van der Waals surface area contributed by atoms with Crippen molar-refractivity contribution in [3.05, 3.63) is 23.3 Å². The fourth-order valence-corrected chi connectivity index (χ4v) is 6.83. The maximum atomic E-state index is 13.5. The fourth-order valence-electron chi connectivity index (χ4n) is 6.83. The number of nitrogens with one attached hydrogen (secondary N) is 1. The first-order valence-corrected chi connectivity index (χ1v) is 11.3. The van der Waals surface area contributed by atoms with Gasteiger partial charge in [0.1, 0.15) is 5.92 Å². The van der Waals surface area contributed by atoms with Gasteiger partial charge in [-0.15, -0.1) is 0 Å². The molecule has 3 fully saturated rings. The highest BCUT2D eigenvalue weighted by molar-refractivity contribution is 6.06. The van der Waals surface area contributed by atoms with E-state index < -0.39 is 28.9 Å². The van der Waals surface area contributed by atoms with Crippen molar-refractivity contribution < 1.29 is 29.6 Å². The lowest BCUT2D eigenvalue weighted by Gasteiger charge is -2.63. The van der Waals surface area contributed by atoms with Crippen LogP contribution in [-0.4, -0.2) is 75.9 Å². The van der Waals surface area contributed by atoms with Crippen LogP contribution in [0, 0.1) is 11.8 Å². The molecule has 1 amide bonds. The number of aliphatic hydroxyl groups excluding tert-OH is 1. The average Bonchev–Trinajstić information content (AvgIpc) is 3.49.